The summed E-state index contributed by atoms with van der Waals surface area (Å²) in [5, 5.41) is 10.1. The molecule has 3 fully saturated rings. The van der Waals surface area contributed by atoms with Crippen LogP contribution in [0, 0.1) is 23.1 Å². The minimum Gasteiger partial charge on any atom is -0.462 e. The Balaban J connectivity index is 1.30. The van der Waals surface area contributed by atoms with Gasteiger partial charge in [0.25, 0.3) is 0 Å². The van der Waals surface area contributed by atoms with E-state index in [2.05, 4.69) is 42.8 Å². The van der Waals surface area contributed by atoms with E-state index in [4.69, 9.17) is 14.7 Å². The molecule has 7 rings (SSSR count). The van der Waals surface area contributed by atoms with Crippen molar-refractivity contribution in [1.29, 1.82) is 5.26 Å². The molecular formula is C35H39FN6O2. The number of carbonyl (C=O) groups is 1. The van der Waals surface area contributed by atoms with Gasteiger partial charge in [0.1, 0.15) is 17.9 Å². The molecule has 2 aliphatic heterocycles. The first-order chi connectivity index (χ1) is 21.5. The normalized spacial score (nSPS) is 24.8. The van der Waals surface area contributed by atoms with E-state index in [1.54, 1.807) is 4.90 Å². The van der Waals surface area contributed by atoms with Gasteiger partial charge >= 0.3 is 6.01 Å². The second-order valence-electron chi connectivity index (χ2n) is 12.8. The predicted octanol–water partition coefficient (Wildman–Crippen LogP) is 5.47. The van der Waals surface area contributed by atoms with Gasteiger partial charge in [0.2, 0.25) is 5.91 Å². The first kappa shape index (κ1) is 28.7. The lowest BCUT2D eigenvalue weighted by molar-refractivity contribution is -0.128. The fraction of sp³-hybridized carbons (Fsp3) is 0.486. The summed E-state index contributed by atoms with van der Waals surface area (Å²) in [6.45, 7) is 6.36. The Kier molecular flexibility index (Phi) is 7.71. The number of likely N-dealkylation sites (tertiary alicyclic amines) is 1. The number of halogens is 1. The van der Waals surface area contributed by atoms with Crippen molar-refractivity contribution in [3.8, 4) is 23.2 Å². The summed E-state index contributed by atoms with van der Waals surface area (Å²) in [5.74, 6) is 1.16. The van der Waals surface area contributed by atoms with E-state index in [1.807, 2.05) is 17.0 Å². The monoisotopic (exact) mass is 594 g/mol. The maximum Gasteiger partial charge on any atom is 0.319 e. The SMILES string of the molecule is C=CC(=O)N1CCN(c2nc(OC[C@@H]3CCCN3C)nc3c(F)c(-c4cccc5c4C4CCCC4C5)ccc23)C[C@@H]1CC#N. The van der Waals surface area contributed by atoms with Gasteiger partial charge in [0, 0.05) is 36.6 Å². The highest BCUT2D eigenvalue weighted by molar-refractivity contribution is 5.94. The summed E-state index contributed by atoms with van der Waals surface area (Å²) in [7, 11) is 2.09. The first-order valence-electron chi connectivity index (χ1n) is 16.0. The lowest BCUT2D eigenvalue weighted by Gasteiger charge is -2.41. The molecule has 2 saturated heterocycles. The molecule has 8 nitrogen and oxygen atoms in total. The average Bonchev–Trinajstić information content (AvgIpc) is 3.76. The number of aromatic nitrogens is 2. The Morgan fingerprint density at radius 1 is 1.11 bits per heavy atom. The van der Waals surface area contributed by atoms with Crippen LogP contribution in [0.1, 0.15) is 55.6 Å². The van der Waals surface area contributed by atoms with Crippen molar-refractivity contribution in [3.05, 3.63) is 59.9 Å². The lowest BCUT2D eigenvalue weighted by atomic mass is 9.89. The molecule has 2 aromatic carbocycles. The van der Waals surface area contributed by atoms with Crippen molar-refractivity contribution < 1.29 is 13.9 Å². The number of hydrogen-bond acceptors (Lipinski definition) is 7. The van der Waals surface area contributed by atoms with Crippen LogP contribution in [0.5, 0.6) is 6.01 Å². The number of benzene rings is 2. The third-order valence-corrected chi connectivity index (χ3v) is 10.4. The Morgan fingerprint density at radius 2 is 2.00 bits per heavy atom. The van der Waals surface area contributed by atoms with Crippen molar-refractivity contribution in [2.75, 3.05) is 44.7 Å². The lowest BCUT2D eigenvalue weighted by Crippen LogP contribution is -2.55. The van der Waals surface area contributed by atoms with Crippen LogP contribution in [-0.4, -0.2) is 77.6 Å². The van der Waals surface area contributed by atoms with Crippen LogP contribution in [-0.2, 0) is 11.2 Å². The first-order valence-corrected chi connectivity index (χ1v) is 16.0. The van der Waals surface area contributed by atoms with Crippen LogP contribution in [0.2, 0.25) is 0 Å². The second kappa shape index (κ2) is 11.8. The third-order valence-electron chi connectivity index (χ3n) is 10.4. The number of ether oxygens (including phenoxy) is 1. The topological polar surface area (TPSA) is 85.6 Å². The van der Waals surface area contributed by atoms with Gasteiger partial charge in [0.05, 0.1) is 18.5 Å². The zero-order chi connectivity index (χ0) is 30.4. The number of nitrogens with zero attached hydrogens (tertiary/aromatic N) is 6. The Morgan fingerprint density at radius 3 is 2.80 bits per heavy atom. The number of amides is 1. The average molecular weight is 595 g/mol. The number of hydrogen-bond donors (Lipinski definition) is 0. The molecule has 44 heavy (non-hydrogen) atoms. The zero-order valence-electron chi connectivity index (χ0n) is 25.3. The van der Waals surface area contributed by atoms with E-state index in [9.17, 15) is 10.1 Å². The number of anilines is 1. The van der Waals surface area contributed by atoms with Crippen LogP contribution in [0.4, 0.5) is 10.2 Å². The molecule has 0 N–H and O–H groups in total. The molecule has 1 aromatic heterocycles. The van der Waals surface area contributed by atoms with Crippen LogP contribution < -0.4 is 9.64 Å². The maximum absolute atomic E-state index is 16.8. The summed E-state index contributed by atoms with van der Waals surface area (Å²) in [6, 6.07) is 12.4. The highest BCUT2D eigenvalue weighted by atomic mass is 19.1. The van der Waals surface area contributed by atoms with E-state index < -0.39 is 0 Å². The quantitative estimate of drug-likeness (QED) is 0.336. The van der Waals surface area contributed by atoms with Gasteiger partial charge in [0.15, 0.2) is 5.82 Å². The minimum absolute atomic E-state index is 0.152. The molecule has 3 aromatic rings. The van der Waals surface area contributed by atoms with Crippen LogP contribution in [0.25, 0.3) is 22.0 Å². The number of nitriles is 1. The van der Waals surface area contributed by atoms with E-state index in [0.29, 0.717) is 54.8 Å². The fourth-order valence-corrected chi connectivity index (χ4v) is 8.14. The van der Waals surface area contributed by atoms with Gasteiger partial charge in [-0.15, -0.1) is 0 Å². The van der Waals surface area contributed by atoms with Gasteiger partial charge in [-0.05, 0) is 86.4 Å². The fourth-order valence-electron chi connectivity index (χ4n) is 8.14. The Hall–Kier alpha value is -4.03. The summed E-state index contributed by atoms with van der Waals surface area (Å²) in [4.78, 5) is 28.1. The predicted molar refractivity (Wildman–Crippen MR) is 168 cm³/mol. The smallest absolute Gasteiger partial charge is 0.319 e. The van der Waals surface area contributed by atoms with Gasteiger partial charge < -0.3 is 19.4 Å². The van der Waals surface area contributed by atoms with Crippen molar-refractivity contribution >= 4 is 22.6 Å². The standard InChI is InChI=1S/C35H39FN6O2/c1-3-30(43)42-18-17-41(20-24(42)14-15-37)34-29-13-12-28(27-11-5-8-23-19-22-7-4-10-26(22)31(23)27)32(36)33(29)38-35(39-34)44-21-25-9-6-16-40(25)2/h3,5,8,11-13,22,24-26H,1,4,6-7,9-10,14,16-21H2,2H3/t22?,24-,25-,26?/m0/s1. The molecule has 9 heteroatoms. The summed E-state index contributed by atoms with van der Waals surface area (Å²) in [5.41, 5.74) is 4.43. The molecule has 1 saturated carbocycles. The molecule has 1 amide bonds. The molecule has 0 spiro atoms. The Labute approximate surface area is 258 Å². The van der Waals surface area contributed by atoms with Crippen LogP contribution in [0.15, 0.2) is 43.0 Å². The van der Waals surface area contributed by atoms with E-state index in [-0.39, 0.29) is 41.8 Å². The zero-order valence-corrected chi connectivity index (χ0v) is 25.3. The van der Waals surface area contributed by atoms with Crippen LogP contribution in [0.3, 0.4) is 0 Å². The number of likely N-dealkylation sites (N-methyl/N-ethyl adjacent to an activating group) is 1. The van der Waals surface area contributed by atoms with Gasteiger partial charge in [-0.3, -0.25) is 4.79 Å². The van der Waals surface area contributed by atoms with E-state index in [0.717, 1.165) is 37.8 Å². The highest BCUT2D eigenvalue weighted by Gasteiger charge is 2.38. The molecule has 0 radical (unpaired) electrons. The van der Waals surface area contributed by atoms with E-state index in [1.165, 1.54) is 30.0 Å². The van der Waals surface area contributed by atoms with Crippen molar-refractivity contribution in [2.45, 2.75) is 62.9 Å². The number of piperazine rings is 1. The second-order valence-corrected chi connectivity index (χ2v) is 12.8. The molecular weight excluding hydrogens is 555 g/mol. The van der Waals surface area contributed by atoms with Gasteiger partial charge in [-0.1, -0.05) is 37.3 Å². The van der Waals surface area contributed by atoms with Crippen molar-refractivity contribution in [3.63, 3.8) is 0 Å². The third kappa shape index (κ3) is 4.99. The molecule has 228 valence electrons. The van der Waals surface area contributed by atoms with E-state index >= 15 is 4.39 Å². The maximum atomic E-state index is 16.8. The molecule has 0 bridgehead atoms. The number of rotatable bonds is 7. The summed E-state index contributed by atoms with van der Waals surface area (Å²) >= 11 is 0. The minimum atomic E-state index is -0.363. The summed E-state index contributed by atoms with van der Waals surface area (Å²) < 4.78 is 23.0. The molecule has 4 aliphatic rings. The van der Waals surface area contributed by atoms with Gasteiger partial charge in [-0.25, -0.2) is 4.39 Å². The molecule has 2 unspecified atom stereocenters. The summed E-state index contributed by atoms with van der Waals surface area (Å²) in [6.07, 6.45) is 8.32. The highest BCUT2D eigenvalue weighted by Crippen LogP contribution is 2.52. The van der Waals surface area contributed by atoms with Crippen molar-refractivity contribution in [2.24, 2.45) is 5.92 Å². The van der Waals surface area contributed by atoms with Crippen LogP contribution >= 0.6 is 0 Å². The Bertz CT molecular complexity index is 1650. The van der Waals surface area contributed by atoms with Gasteiger partial charge in [-0.2, -0.15) is 15.2 Å². The molecule has 4 atom stereocenters. The number of fused-ring (bicyclic) bond motifs is 4. The van der Waals surface area contributed by atoms with Crippen molar-refractivity contribution in [1.82, 2.24) is 19.8 Å². The largest absolute Gasteiger partial charge is 0.462 e. The number of carbonyl (C=O) groups excluding carboxylic acids is 1. The molecule has 3 heterocycles. The molecule has 2 aliphatic carbocycles.